The first kappa shape index (κ1) is 18.9. The van der Waals surface area contributed by atoms with Crippen LogP contribution in [0, 0.1) is 5.92 Å². The van der Waals surface area contributed by atoms with Gasteiger partial charge in [0.1, 0.15) is 5.54 Å². The lowest BCUT2D eigenvalue weighted by Crippen LogP contribution is -2.75. The highest BCUT2D eigenvalue weighted by Gasteiger charge is 2.64. The minimum Gasteiger partial charge on any atom is -0.323 e. The predicted octanol–water partition coefficient (Wildman–Crippen LogP) is 3.44. The van der Waals surface area contributed by atoms with Gasteiger partial charge in [0.15, 0.2) is 0 Å². The highest BCUT2D eigenvalue weighted by Crippen LogP contribution is 2.51. The van der Waals surface area contributed by atoms with Crippen molar-refractivity contribution in [3.05, 3.63) is 35.9 Å². The van der Waals surface area contributed by atoms with Gasteiger partial charge in [-0.25, -0.2) is 4.79 Å². The number of amides is 3. The molecule has 2 heterocycles. The van der Waals surface area contributed by atoms with E-state index in [1.165, 1.54) is 5.56 Å². The summed E-state index contributed by atoms with van der Waals surface area (Å²) >= 11 is 0. The molecule has 2 aliphatic heterocycles. The number of benzene rings is 1. The fourth-order valence-corrected chi connectivity index (χ4v) is 5.12. The third-order valence-electron chi connectivity index (χ3n) is 7.23. The fourth-order valence-electron chi connectivity index (χ4n) is 5.12. The average Bonchev–Trinajstić information content (AvgIpc) is 2.91. The Morgan fingerprint density at radius 3 is 2.27 bits per heavy atom. The molecule has 2 N–H and O–H groups in total. The summed E-state index contributed by atoms with van der Waals surface area (Å²) in [6.45, 7) is 11.8. The third-order valence-corrected chi connectivity index (χ3v) is 7.23. The lowest BCUT2D eigenvalue weighted by Gasteiger charge is -2.63. The molecule has 1 aromatic carbocycles. The van der Waals surface area contributed by atoms with Gasteiger partial charge in [0, 0.05) is 23.5 Å². The van der Waals surface area contributed by atoms with Gasteiger partial charge in [0.05, 0.1) is 0 Å². The first-order valence-corrected chi connectivity index (χ1v) is 9.67. The Morgan fingerprint density at radius 2 is 1.77 bits per heavy atom. The SMILES string of the molecule is CCC1(C)CC2(NC(=O)NC2=O)C(C)C(C)(CC)N1Cc1ccccc1. The Bertz CT molecular complexity index is 706. The van der Waals surface area contributed by atoms with Crippen molar-refractivity contribution in [2.24, 2.45) is 5.92 Å². The number of carbonyl (C=O) groups is 2. The van der Waals surface area contributed by atoms with Gasteiger partial charge in [-0.15, -0.1) is 0 Å². The maximum Gasteiger partial charge on any atom is 0.322 e. The van der Waals surface area contributed by atoms with Crippen LogP contribution in [-0.4, -0.2) is 33.5 Å². The van der Waals surface area contributed by atoms with Crippen LogP contribution in [0.2, 0.25) is 0 Å². The number of carbonyl (C=O) groups excluding carboxylic acids is 2. The molecule has 26 heavy (non-hydrogen) atoms. The molecule has 142 valence electrons. The van der Waals surface area contributed by atoms with E-state index in [4.69, 9.17) is 0 Å². The van der Waals surface area contributed by atoms with E-state index in [9.17, 15) is 9.59 Å². The molecular weight excluding hydrogens is 326 g/mol. The van der Waals surface area contributed by atoms with E-state index < -0.39 is 5.54 Å². The number of likely N-dealkylation sites (tertiary alicyclic amines) is 1. The molecule has 2 aliphatic rings. The third kappa shape index (κ3) is 2.64. The number of imide groups is 1. The molecule has 1 aromatic rings. The molecule has 1 spiro atoms. The monoisotopic (exact) mass is 357 g/mol. The second-order valence-corrected chi connectivity index (χ2v) is 8.41. The number of rotatable bonds is 4. The average molecular weight is 357 g/mol. The molecule has 4 atom stereocenters. The highest BCUT2D eigenvalue weighted by atomic mass is 16.2. The van der Waals surface area contributed by atoms with Crippen molar-refractivity contribution in [3.63, 3.8) is 0 Å². The first-order chi connectivity index (χ1) is 12.2. The van der Waals surface area contributed by atoms with Crippen molar-refractivity contribution < 1.29 is 9.59 Å². The summed E-state index contributed by atoms with van der Waals surface area (Å²) < 4.78 is 0. The van der Waals surface area contributed by atoms with Crippen LogP contribution < -0.4 is 10.6 Å². The Balaban J connectivity index is 2.07. The summed E-state index contributed by atoms with van der Waals surface area (Å²) in [5, 5.41) is 5.49. The van der Waals surface area contributed by atoms with Gasteiger partial charge in [0.25, 0.3) is 5.91 Å². The van der Waals surface area contributed by atoms with Crippen LogP contribution in [0.1, 0.15) is 59.4 Å². The van der Waals surface area contributed by atoms with Gasteiger partial charge in [-0.05, 0) is 38.7 Å². The van der Waals surface area contributed by atoms with Crippen LogP contribution in [0.25, 0.3) is 0 Å². The van der Waals surface area contributed by atoms with Gasteiger partial charge in [-0.3, -0.25) is 15.0 Å². The topological polar surface area (TPSA) is 61.4 Å². The van der Waals surface area contributed by atoms with Crippen molar-refractivity contribution in [1.29, 1.82) is 0 Å². The Labute approximate surface area is 156 Å². The number of piperidine rings is 1. The summed E-state index contributed by atoms with van der Waals surface area (Å²) in [6, 6.07) is 10.1. The molecule has 2 fully saturated rings. The van der Waals surface area contributed by atoms with Crippen molar-refractivity contribution in [2.45, 2.75) is 77.0 Å². The summed E-state index contributed by atoms with van der Waals surface area (Å²) in [5.74, 6) is -0.177. The number of hydrogen-bond acceptors (Lipinski definition) is 3. The summed E-state index contributed by atoms with van der Waals surface area (Å²) in [5.41, 5.74) is 0.0327. The molecule has 0 bridgehead atoms. The summed E-state index contributed by atoms with van der Waals surface area (Å²) in [4.78, 5) is 27.4. The molecule has 4 unspecified atom stereocenters. The van der Waals surface area contributed by atoms with E-state index in [0.29, 0.717) is 6.42 Å². The quantitative estimate of drug-likeness (QED) is 0.812. The molecule has 3 rings (SSSR count). The molecule has 5 heteroatoms. The summed E-state index contributed by atoms with van der Waals surface area (Å²) in [7, 11) is 0. The largest absolute Gasteiger partial charge is 0.323 e. The van der Waals surface area contributed by atoms with E-state index in [1.54, 1.807) is 0 Å². The molecule has 2 saturated heterocycles. The molecule has 3 amide bonds. The molecule has 0 radical (unpaired) electrons. The minimum atomic E-state index is -0.834. The van der Waals surface area contributed by atoms with Crippen molar-refractivity contribution >= 4 is 11.9 Å². The zero-order valence-corrected chi connectivity index (χ0v) is 16.6. The van der Waals surface area contributed by atoms with Gasteiger partial charge < -0.3 is 5.32 Å². The van der Waals surface area contributed by atoms with Crippen molar-refractivity contribution in [2.75, 3.05) is 0 Å². The van der Waals surface area contributed by atoms with Crippen LogP contribution in [0.15, 0.2) is 30.3 Å². The van der Waals surface area contributed by atoms with Gasteiger partial charge in [-0.2, -0.15) is 0 Å². The fraction of sp³-hybridized carbons (Fsp3) is 0.619. The Hall–Kier alpha value is -1.88. The smallest absolute Gasteiger partial charge is 0.322 e. The Morgan fingerprint density at radius 1 is 1.12 bits per heavy atom. The molecule has 5 nitrogen and oxygen atoms in total. The first-order valence-electron chi connectivity index (χ1n) is 9.67. The maximum atomic E-state index is 12.8. The van der Waals surface area contributed by atoms with E-state index in [0.717, 1.165) is 19.4 Å². The highest BCUT2D eigenvalue weighted by molar-refractivity contribution is 6.07. The van der Waals surface area contributed by atoms with Crippen molar-refractivity contribution in [1.82, 2.24) is 15.5 Å². The Kier molecular flexibility index (Phi) is 4.63. The van der Waals surface area contributed by atoms with Crippen LogP contribution in [0.5, 0.6) is 0 Å². The van der Waals surface area contributed by atoms with E-state index in [-0.39, 0.29) is 28.9 Å². The number of nitrogens with zero attached hydrogens (tertiary/aromatic N) is 1. The zero-order chi connectivity index (χ0) is 19.2. The van der Waals surface area contributed by atoms with Gasteiger partial charge in [-0.1, -0.05) is 51.1 Å². The minimum absolute atomic E-state index is 0.00483. The second-order valence-electron chi connectivity index (χ2n) is 8.41. The summed E-state index contributed by atoms with van der Waals surface area (Å²) in [6.07, 6.45) is 2.44. The molecular formula is C21H31N3O2. The van der Waals surface area contributed by atoms with E-state index in [1.807, 2.05) is 6.07 Å². The number of urea groups is 1. The molecule has 0 aliphatic carbocycles. The lowest BCUT2D eigenvalue weighted by molar-refractivity contribution is -0.152. The van der Waals surface area contributed by atoms with Crippen LogP contribution >= 0.6 is 0 Å². The maximum absolute atomic E-state index is 12.8. The predicted molar refractivity (Wildman–Crippen MR) is 103 cm³/mol. The number of nitrogens with one attached hydrogen (secondary N) is 2. The molecule has 0 saturated carbocycles. The van der Waals surface area contributed by atoms with Crippen molar-refractivity contribution in [3.8, 4) is 0 Å². The number of hydrogen-bond donors (Lipinski definition) is 2. The van der Waals surface area contributed by atoms with Crippen LogP contribution in [0.4, 0.5) is 4.79 Å². The second kappa shape index (κ2) is 6.38. The van der Waals surface area contributed by atoms with E-state index >= 15 is 0 Å². The standard InChI is InChI=1S/C21H31N3O2/c1-6-19(4)14-21(17(25)22-18(26)23-21)15(3)20(5,7-2)24(19)13-16-11-9-8-10-12-16/h8-12,15H,6-7,13-14H2,1-5H3,(H2,22,23,25,26). The lowest BCUT2D eigenvalue weighted by atomic mass is 9.60. The normalized spacial score (nSPS) is 37.7. The molecule has 0 aromatic heterocycles. The van der Waals surface area contributed by atoms with Crippen LogP contribution in [-0.2, 0) is 11.3 Å². The zero-order valence-electron chi connectivity index (χ0n) is 16.6. The van der Waals surface area contributed by atoms with E-state index in [2.05, 4.69) is 74.4 Å². The van der Waals surface area contributed by atoms with Gasteiger partial charge >= 0.3 is 6.03 Å². The van der Waals surface area contributed by atoms with Gasteiger partial charge in [0.2, 0.25) is 0 Å². The van der Waals surface area contributed by atoms with Crippen LogP contribution in [0.3, 0.4) is 0 Å².